The predicted molar refractivity (Wildman–Crippen MR) is 41.2 cm³/mol. The van der Waals surface area contributed by atoms with E-state index in [4.69, 9.17) is 15.3 Å². The lowest BCUT2D eigenvalue weighted by Gasteiger charge is -1.89. The third kappa shape index (κ3) is 6.27. The molecule has 0 aromatic carbocycles. The van der Waals surface area contributed by atoms with E-state index in [1.165, 1.54) is 0 Å². The molecule has 0 unspecified atom stereocenters. The van der Waals surface area contributed by atoms with Crippen LogP contribution in [0.2, 0.25) is 0 Å². The van der Waals surface area contributed by atoms with Crippen molar-refractivity contribution in [1.82, 2.24) is 9.55 Å². The average Bonchev–Trinajstić information content (AvgIpc) is 2.39. The van der Waals surface area contributed by atoms with E-state index < -0.39 is 5.09 Å². The molecular formula is C6H9N3O3. The smallest absolute Gasteiger partial charge is 0.291 e. The highest BCUT2D eigenvalue weighted by Crippen LogP contribution is 1.83. The van der Waals surface area contributed by atoms with Crippen molar-refractivity contribution in [2.75, 3.05) is 0 Å². The Morgan fingerprint density at radius 2 is 2.42 bits per heavy atom. The summed E-state index contributed by atoms with van der Waals surface area (Å²) < 4.78 is 1.95. The number of rotatable bonds is 2. The molecule has 1 heterocycles. The van der Waals surface area contributed by atoms with E-state index in [-0.39, 0.29) is 0 Å². The SMILES string of the molecule is C=CCn1ccnc1.O=[N+]([O-])O. The van der Waals surface area contributed by atoms with E-state index in [1.54, 1.807) is 12.5 Å². The van der Waals surface area contributed by atoms with Gasteiger partial charge in [-0.3, -0.25) is 0 Å². The van der Waals surface area contributed by atoms with Crippen molar-refractivity contribution in [3.8, 4) is 0 Å². The summed E-state index contributed by atoms with van der Waals surface area (Å²) in [6.45, 7) is 4.43. The molecule has 0 aliphatic carbocycles. The summed E-state index contributed by atoms with van der Waals surface area (Å²) in [5, 5.41) is 13.6. The molecule has 6 heteroatoms. The van der Waals surface area contributed by atoms with Gasteiger partial charge in [0, 0.05) is 18.9 Å². The molecule has 0 spiro atoms. The second-order valence-electron chi connectivity index (χ2n) is 1.79. The first-order valence-electron chi connectivity index (χ1n) is 3.06. The van der Waals surface area contributed by atoms with Crippen LogP contribution in [0.15, 0.2) is 31.4 Å². The minimum absolute atomic E-state index is 0.847. The fourth-order valence-corrected chi connectivity index (χ4v) is 0.544. The highest BCUT2D eigenvalue weighted by molar-refractivity contribution is 4.78. The van der Waals surface area contributed by atoms with Crippen LogP contribution in [0, 0.1) is 10.1 Å². The molecule has 0 saturated carbocycles. The lowest BCUT2D eigenvalue weighted by molar-refractivity contribution is -0.742. The average molecular weight is 171 g/mol. The van der Waals surface area contributed by atoms with Crippen molar-refractivity contribution >= 4 is 0 Å². The van der Waals surface area contributed by atoms with Gasteiger partial charge in [0.25, 0.3) is 5.09 Å². The van der Waals surface area contributed by atoms with Crippen LogP contribution < -0.4 is 0 Å². The molecule has 66 valence electrons. The summed E-state index contributed by atoms with van der Waals surface area (Å²) >= 11 is 0. The Balaban J connectivity index is 0.000000261. The van der Waals surface area contributed by atoms with Crippen molar-refractivity contribution in [3.63, 3.8) is 0 Å². The van der Waals surface area contributed by atoms with Crippen molar-refractivity contribution in [2.24, 2.45) is 0 Å². The van der Waals surface area contributed by atoms with Crippen molar-refractivity contribution in [3.05, 3.63) is 41.5 Å². The lowest BCUT2D eigenvalue weighted by Crippen LogP contribution is -1.87. The molecule has 0 bridgehead atoms. The first-order chi connectivity index (χ1) is 5.66. The normalized spacial score (nSPS) is 8.00. The van der Waals surface area contributed by atoms with Gasteiger partial charge in [0.05, 0.1) is 6.33 Å². The van der Waals surface area contributed by atoms with Gasteiger partial charge in [-0.15, -0.1) is 16.7 Å². The van der Waals surface area contributed by atoms with Gasteiger partial charge in [-0.25, -0.2) is 4.98 Å². The van der Waals surface area contributed by atoms with Crippen LogP contribution in [0.1, 0.15) is 0 Å². The van der Waals surface area contributed by atoms with E-state index in [0.717, 1.165) is 6.54 Å². The second kappa shape index (κ2) is 5.90. The van der Waals surface area contributed by atoms with Crippen LogP contribution in [0.4, 0.5) is 0 Å². The molecule has 1 rings (SSSR count). The Morgan fingerprint density at radius 3 is 2.75 bits per heavy atom. The topological polar surface area (TPSA) is 81.2 Å². The molecule has 1 aromatic rings. The van der Waals surface area contributed by atoms with E-state index in [1.807, 2.05) is 16.8 Å². The zero-order chi connectivity index (χ0) is 9.40. The minimum atomic E-state index is -1.50. The van der Waals surface area contributed by atoms with E-state index in [9.17, 15) is 0 Å². The molecule has 1 N–H and O–H groups in total. The van der Waals surface area contributed by atoms with Crippen molar-refractivity contribution in [2.45, 2.75) is 6.54 Å². The molecular weight excluding hydrogens is 162 g/mol. The van der Waals surface area contributed by atoms with E-state index >= 15 is 0 Å². The maximum atomic E-state index is 8.36. The predicted octanol–water partition coefficient (Wildman–Crippen LogP) is 0.721. The van der Waals surface area contributed by atoms with Gasteiger partial charge in [-0.1, -0.05) is 6.08 Å². The Morgan fingerprint density at radius 1 is 1.83 bits per heavy atom. The van der Waals surface area contributed by atoms with Crippen LogP contribution in [-0.2, 0) is 6.54 Å². The summed E-state index contributed by atoms with van der Waals surface area (Å²) in [5.74, 6) is 0. The first-order valence-corrected chi connectivity index (χ1v) is 3.06. The summed E-state index contributed by atoms with van der Waals surface area (Å²) in [6.07, 6.45) is 7.26. The highest BCUT2D eigenvalue weighted by Gasteiger charge is 1.79. The number of nitrogens with zero attached hydrogens (tertiary/aromatic N) is 3. The Kier molecular flexibility index (Phi) is 4.99. The van der Waals surface area contributed by atoms with Gasteiger partial charge in [0.1, 0.15) is 0 Å². The van der Waals surface area contributed by atoms with Crippen LogP contribution >= 0.6 is 0 Å². The molecule has 0 saturated heterocycles. The zero-order valence-corrected chi connectivity index (χ0v) is 6.33. The standard InChI is InChI=1S/C6H8N2.HNO3/c1-2-4-8-5-3-7-6-8;2-1(3)4/h2-3,5-6H,1,4H2;(H,2,3,4). The number of aromatic nitrogens is 2. The Hall–Kier alpha value is -1.85. The van der Waals surface area contributed by atoms with E-state index in [0.29, 0.717) is 0 Å². The van der Waals surface area contributed by atoms with Gasteiger partial charge >= 0.3 is 0 Å². The van der Waals surface area contributed by atoms with Crippen LogP contribution in [-0.4, -0.2) is 19.8 Å². The van der Waals surface area contributed by atoms with Gasteiger partial charge in [0.15, 0.2) is 0 Å². The van der Waals surface area contributed by atoms with Crippen molar-refractivity contribution < 1.29 is 10.3 Å². The zero-order valence-electron chi connectivity index (χ0n) is 6.33. The number of allylic oxidation sites excluding steroid dienone is 1. The van der Waals surface area contributed by atoms with Gasteiger partial charge < -0.3 is 9.77 Å². The van der Waals surface area contributed by atoms with Gasteiger partial charge in [-0.2, -0.15) is 0 Å². The van der Waals surface area contributed by atoms with Crippen molar-refractivity contribution in [1.29, 1.82) is 0 Å². The lowest BCUT2D eigenvalue weighted by atomic mass is 10.6. The summed E-state index contributed by atoms with van der Waals surface area (Å²) in [4.78, 5) is 12.2. The highest BCUT2D eigenvalue weighted by atomic mass is 16.9. The summed E-state index contributed by atoms with van der Waals surface area (Å²) in [5.41, 5.74) is 0. The monoisotopic (exact) mass is 171 g/mol. The molecule has 12 heavy (non-hydrogen) atoms. The minimum Gasteiger partial charge on any atom is -0.334 e. The van der Waals surface area contributed by atoms with Crippen LogP contribution in [0.3, 0.4) is 0 Å². The summed E-state index contributed by atoms with van der Waals surface area (Å²) in [6, 6.07) is 0. The second-order valence-corrected chi connectivity index (χ2v) is 1.79. The maximum Gasteiger partial charge on any atom is 0.291 e. The molecule has 0 atom stereocenters. The molecule has 0 amide bonds. The van der Waals surface area contributed by atoms with Gasteiger partial charge in [-0.05, 0) is 0 Å². The summed E-state index contributed by atoms with van der Waals surface area (Å²) in [7, 11) is 0. The molecule has 0 aliphatic heterocycles. The Bertz CT molecular complexity index is 228. The maximum absolute atomic E-state index is 8.36. The number of hydrogen-bond acceptors (Lipinski definition) is 3. The van der Waals surface area contributed by atoms with Crippen LogP contribution in [0.5, 0.6) is 0 Å². The fourth-order valence-electron chi connectivity index (χ4n) is 0.544. The van der Waals surface area contributed by atoms with E-state index in [2.05, 4.69) is 11.6 Å². The third-order valence-electron chi connectivity index (χ3n) is 0.899. The Labute approximate surface area is 68.9 Å². The fraction of sp³-hybridized carbons (Fsp3) is 0.167. The van der Waals surface area contributed by atoms with Gasteiger partial charge in [0.2, 0.25) is 0 Å². The van der Waals surface area contributed by atoms with Crippen LogP contribution in [0.25, 0.3) is 0 Å². The molecule has 0 radical (unpaired) electrons. The molecule has 1 aromatic heterocycles. The number of hydrogen-bond donors (Lipinski definition) is 1. The molecule has 0 fully saturated rings. The molecule has 6 nitrogen and oxygen atoms in total. The molecule has 0 aliphatic rings. The largest absolute Gasteiger partial charge is 0.334 e. The first kappa shape index (κ1) is 10.2. The third-order valence-corrected chi connectivity index (χ3v) is 0.899. The quantitative estimate of drug-likeness (QED) is 0.404. The number of imidazole rings is 1.